The van der Waals surface area contributed by atoms with Crippen LogP contribution < -0.4 is 15.8 Å². The molecule has 1 aromatic heterocycles. The Bertz CT molecular complexity index is 1040. The minimum Gasteiger partial charge on any atom is -0.456 e. The Kier molecular flexibility index (Phi) is 5.86. The summed E-state index contributed by atoms with van der Waals surface area (Å²) in [6.07, 6.45) is 2.79. The number of benzene rings is 2. The monoisotopic (exact) mass is 401 g/mol. The van der Waals surface area contributed by atoms with Gasteiger partial charge in [-0.1, -0.05) is 42.5 Å². The Hall–Kier alpha value is -3.51. The van der Waals surface area contributed by atoms with Crippen molar-refractivity contribution in [3.8, 4) is 11.5 Å². The summed E-state index contributed by atoms with van der Waals surface area (Å²) in [7, 11) is 0. The summed E-state index contributed by atoms with van der Waals surface area (Å²) < 4.78 is 5.97. The summed E-state index contributed by atoms with van der Waals surface area (Å²) >= 11 is 0. The molecule has 2 heterocycles. The predicted octanol–water partition coefficient (Wildman–Crippen LogP) is 3.48. The van der Waals surface area contributed by atoms with Gasteiger partial charge in [-0.05, 0) is 30.7 Å². The van der Waals surface area contributed by atoms with Crippen LogP contribution in [-0.4, -0.2) is 29.8 Å². The van der Waals surface area contributed by atoms with Crippen molar-refractivity contribution in [2.45, 2.75) is 18.8 Å². The molecule has 1 amide bonds. The molecule has 1 aliphatic heterocycles. The number of hydrogen-bond acceptors (Lipinski definition) is 5. The lowest BCUT2D eigenvalue weighted by Crippen LogP contribution is -2.14. The molecule has 0 spiro atoms. The van der Waals surface area contributed by atoms with E-state index in [2.05, 4.69) is 10.3 Å². The molecular weight excluding hydrogens is 378 g/mol. The Balaban J connectivity index is 1.50. The molecule has 1 atom stereocenters. The molecule has 0 saturated carbocycles. The van der Waals surface area contributed by atoms with Crippen LogP contribution in [0.3, 0.4) is 0 Å². The SMILES string of the molecule is NC(=O)c1cnc(C2CCNC2)cc1Oc1ccc(CC(=O)c2ccccc2)cc1. The van der Waals surface area contributed by atoms with Gasteiger partial charge in [0.25, 0.3) is 5.91 Å². The number of nitrogens with zero attached hydrogens (tertiary/aromatic N) is 1. The molecule has 0 bridgehead atoms. The fraction of sp³-hybridized carbons (Fsp3) is 0.208. The third kappa shape index (κ3) is 4.55. The molecular formula is C24H23N3O3. The maximum Gasteiger partial charge on any atom is 0.254 e. The van der Waals surface area contributed by atoms with E-state index in [0.717, 1.165) is 30.8 Å². The zero-order valence-corrected chi connectivity index (χ0v) is 16.5. The van der Waals surface area contributed by atoms with Gasteiger partial charge < -0.3 is 15.8 Å². The van der Waals surface area contributed by atoms with Crippen LogP contribution >= 0.6 is 0 Å². The van der Waals surface area contributed by atoms with Gasteiger partial charge in [0.1, 0.15) is 17.1 Å². The highest BCUT2D eigenvalue weighted by Crippen LogP contribution is 2.30. The normalized spacial score (nSPS) is 15.7. The summed E-state index contributed by atoms with van der Waals surface area (Å²) in [6.45, 7) is 1.80. The lowest BCUT2D eigenvalue weighted by atomic mass is 10.0. The van der Waals surface area contributed by atoms with Crippen LogP contribution in [0.2, 0.25) is 0 Å². The quantitative estimate of drug-likeness (QED) is 0.591. The van der Waals surface area contributed by atoms with Crippen molar-refractivity contribution in [3.05, 3.63) is 89.2 Å². The molecule has 1 aliphatic rings. The van der Waals surface area contributed by atoms with E-state index < -0.39 is 5.91 Å². The van der Waals surface area contributed by atoms with Crippen LogP contribution in [0.15, 0.2) is 66.9 Å². The lowest BCUT2D eigenvalue weighted by Gasteiger charge is -2.13. The zero-order valence-electron chi connectivity index (χ0n) is 16.5. The van der Waals surface area contributed by atoms with Crippen LogP contribution in [-0.2, 0) is 6.42 Å². The number of carbonyl (C=O) groups is 2. The number of rotatable bonds is 7. The van der Waals surface area contributed by atoms with E-state index in [9.17, 15) is 9.59 Å². The molecule has 1 saturated heterocycles. The van der Waals surface area contributed by atoms with Gasteiger partial charge in [0, 0.05) is 42.4 Å². The number of Topliss-reactive ketones (excluding diaryl/α,β-unsaturated/α-hetero) is 1. The van der Waals surface area contributed by atoms with Gasteiger partial charge in [-0.3, -0.25) is 14.6 Å². The zero-order chi connectivity index (χ0) is 20.9. The number of pyridine rings is 1. The average Bonchev–Trinajstić information content (AvgIpc) is 3.30. The van der Waals surface area contributed by atoms with Gasteiger partial charge in [-0.15, -0.1) is 0 Å². The van der Waals surface area contributed by atoms with Gasteiger partial charge >= 0.3 is 0 Å². The number of carbonyl (C=O) groups excluding carboxylic acids is 2. The van der Waals surface area contributed by atoms with Gasteiger partial charge in [0.15, 0.2) is 5.78 Å². The van der Waals surface area contributed by atoms with E-state index in [1.165, 1.54) is 6.20 Å². The van der Waals surface area contributed by atoms with Gasteiger partial charge in [-0.25, -0.2) is 0 Å². The van der Waals surface area contributed by atoms with Crippen LogP contribution in [0.25, 0.3) is 0 Å². The number of nitrogens with one attached hydrogen (secondary N) is 1. The first-order valence-corrected chi connectivity index (χ1v) is 9.95. The number of ketones is 1. The van der Waals surface area contributed by atoms with Crippen LogP contribution in [0, 0.1) is 0 Å². The molecule has 30 heavy (non-hydrogen) atoms. The largest absolute Gasteiger partial charge is 0.456 e. The van der Waals surface area contributed by atoms with Crippen molar-refractivity contribution >= 4 is 11.7 Å². The van der Waals surface area contributed by atoms with E-state index >= 15 is 0 Å². The first-order chi connectivity index (χ1) is 14.6. The first kappa shape index (κ1) is 19.8. The molecule has 4 rings (SSSR count). The smallest absolute Gasteiger partial charge is 0.254 e. The molecule has 152 valence electrons. The van der Waals surface area contributed by atoms with E-state index in [0.29, 0.717) is 29.4 Å². The van der Waals surface area contributed by atoms with Crippen LogP contribution in [0.1, 0.15) is 44.3 Å². The number of amides is 1. The van der Waals surface area contributed by atoms with E-state index in [-0.39, 0.29) is 11.3 Å². The molecule has 6 heteroatoms. The fourth-order valence-electron chi connectivity index (χ4n) is 3.57. The molecule has 3 aromatic rings. The van der Waals surface area contributed by atoms with Crippen molar-refractivity contribution in [2.24, 2.45) is 5.73 Å². The molecule has 0 aliphatic carbocycles. The Labute approximate surface area is 175 Å². The van der Waals surface area contributed by atoms with Crippen molar-refractivity contribution in [2.75, 3.05) is 13.1 Å². The maximum atomic E-state index is 12.4. The highest BCUT2D eigenvalue weighted by Gasteiger charge is 2.21. The first-order valence-electron chi connectivity index (χ1n) is 9.95. The number of primary amides is 1. The number of aromatic nitrogens is 1. The predicted molar refractivity (Wildman–Crippen MR) is 114 cm³/mol. The second kappa shape index (κ2) is 8.88. The molecule has 3 N–H and O–H groups in total. The van der Waals surface area contributed by atoms with E-state index in [4.69, 9.17) is 10.5 Å². The lowest BCUT2D eigenvalue weighted by molar-refractivity contribution is 0.0986. The number of nitrogens with two attached hydrogens (primary N) is 1. The van der Waals surface area contributed by atoms with Crippen LogP contribution in [0.5, 0.6) is 11.5 Å². The molecule has 1 unspecified atom stereocenters. The van der Waals surface area contributed by atoms with Crippen LogP contribution in [0.4, 0.5) is 0 Å². The second-order valence-electron chi connectivity index (χ2n) is 7.37. The molecule has 1 fully saturated rings. The summed E-state index contributed by atoms with van der Waals surface area (Å²) in [6, 6.07) is 18.3. The van der Waals surface area contributed by atoms with Gasteiger partial charge in [0.05, 0.1) is 0 Å². The third-order valence-electron chi connectivity index (χ3n) is 5.24. The van der Waals surface area contributed by atoms with Gasteiger partial charge in [-0.2, -0.15) is 0 Å². The van der Waals surface area contributed by atoms with Gasteiger partial charge in [0.2, 0.25) is 0 Å². The topological polar surface area (TPSA) is 94.3 Å². The molecule has 0 radical (unpaired) electrons. The average molecular weight is 401 g/mol. The Morgan fingerprint density at radius 1 is 1.10 bits per heavy atom. The third-order valence-corrected chi connectivity index (χ3v) is 5.24. The van der Waals surface area contributed by atoms with Crippen molar-refractivity contribution < 1.29 is 14.3 Å². The van der Waals surface area contributed by atoms with Crippen molar-refractivity contribution in [1.29, 1.82) is 0 Å². The highest BCUT2D eigenvalue weighted by atomic mass is 16.5. The van der Waals surface area contributed by atoms with Crippen molar-refractivity contribution in [3.63, 3.8) is 0 Å². The summed E-state index contributed by atoms with van der Waals surface area (Å²) in [5.74, 6) is 0.728. The summed E-state index contributed by atoms with van der Waals surface area (Å²) in [5, 5.41) is 3.31. The highest BCUT2D eigenvalue weighted by molar-refractivity contribution is 5.97. The Morgan fingerprint density at radius 3 is 2.53 bits per heavy atom. The summed E-state index contributed by atoms with van der Waals surface area (Å²) in [5.41, 5.74) is 8.20. The second-order valence-corrected chi connectivity index (χ2v) is 7.37. The van der Waals surface area contributed by atoms with Crippen molar-refractivity contribution in [1.82, 2.24) is 10.3 Å². The number of ether oxygens (including phenoxy) is 1. The van der Waals surface area contributed by atoms with E-state index in [1.54, 1.807) is 18.2 Å². The molecule has 6 nitrogen and oxygen atoms in total. The minimum atomic E-state index is -0.585. The van der Waals surface area contributed by atoms with E-state index in [1.807, 2.05) is 42.5 Å². The minimum absolute atomic E-state index is 0.0595. The summed E-state index contributed by atoms with van der Waals surface area (Å²) in [4.78, 5) is 28.6. The standard InChI is InChI=1S/C24H23N3O3/c25-24(29)20-15-27-21(18-10-11-26-14-18)13-23(20)30-19-8-6-16(7-9-19)12-22(28)17-4-2-1-3-5-17/h1-9,13,15,18,26H,10-12,14H2,(H2,25,29). The number of hydrogen-bond donors (Lipinski definition) is 2. The molecule has 2 aromatic carbocycles. The maximum absolute atomic E-state index is 12.4. The Morgan fingerprint density at radius 2 is 1.87 bits per heavy atom. The fourth-order valence-corrected chi connectivity index (χ4v) is 3.57.